The molecule has 1 spiro atoms. The molecule has 2 aromatic rings. The number of likely N-dealkylation sites (N-methyl/N-ethyl adjacent to an activating group) is 1. The van der Waals surface area contributed by atoms with Crippen LogP contribution in [-0.2, 0) is 16.6 Å². The molecule has 2 bridgehead atoms. The predicted molar refractivity (Wildman–Crippen MR) is 139 cm³/mol. The van der Waals surface area contributed by atoms with E-state index < -0.39 is 17.1 Å². The number of amides is 1. The zero-order valence-electron chi connectivity index (χ0n) is 21.5. The van der Waals surface area contributed by atoms with Crippen LogP contribution >= 0.6 is 0 Å². The molecule has 3 fully saturated rings. The first kappa shape index (κ1) is 23.1. The number of carbonyl (C=O) groups is 1. The zero-order chi connectivity index (χ0) is 25.5. The second kappa shape index (κ2) is 7.99. The Morgan fingerprint density at radius 1 is 1.22 bits per heavy atom. The Morgan fingerprint density at radius 2 is 2.05 bits per heavy atom. The van der Waals surface area contributed by atoms with Gasteiger partial charge in [-0.25, -0.2) is 0 Å². The summed E-state index contributed by atoms with van der Waals surface area (Å²) in [5.74, 6) is 6.98. The molecule has 3 aliphatic carbocycles. The first-order chi connectivity index (χ1) is 17.8. The lowest BCUT2D eigenvalue weighted by Crippen LogP contribution is -2.78. The van der Waals surface area contributed by atoms with Crippen LogP contribution in [0.15, 0.2) is 36.4 Å². The summed E-state index contributed by atoms with van der Waals surface area (Å²) in [5.41, 5.74) is 2.48. The molecule has 1 saturated heterocycles. The van der Waals surface area contributed by atoms with Crippen LogP contribution in [0.4, 0.5) is 0 Å². The molecule has 6 nitrogen and oxygen atoms in total. The Labute approximate surface area is 218 Å². The fourth-order valence-electron chi connectivity index (χ4n) is 7.94. The Morgan fingerprint density at radius 3 is 2.84 bits per heavy atom. The Kier molecular flexibility index (Phi) is 5.00. The number of carbonyl (C=O) groups excluding carboxylic acids is 1. The summed E-state index contributed by atoms with van der Waals surface area (Å²) >= 11 is 0. The van der Waals surface area contributed by atoms with Crippen LogP contribution in [0, 0.1) is 24.7 Å². The number of hydrogen-bond donors (Lipinski definition) is 2. The molecular weight excluding hydrogens is 464 g/mol. The van der Waals surface area contributed by atoms with E-state index in [2.05, 4.69) is 16.7 Å². The second-order valence-electron chi connectivity index (χ2n) is 11.9. The molecule has 0 radical (unpaired) electrons. The zero-order valence-corrected chi connectivity index (χ0v) is 21.5. The Balaban J connectivity index is 1.26. The molecule has 2 heterocycles. The number of hydrogen-bond acceptors (Lipinski definition) is 5. The molecule has 1 amide bonds. The van der Waals surface area contributed by atoms with Gasteiger partial charge in [-0.05, 0) is 87.2 Å². The lowest BCUT2D eigenvalue weighted by atomic mass is 9.48. The van der Waals surface area contributed by atoms with Crippen molar-refractivity contribution in [2.24, 2.45) is 5.92 Å². The lowest BCUT2D eigenvalue weighted by Gasteiger charge is -2.64. The van der Waals surface area contributed by atoms with Gasteiger partial charge in [0.25, 0.3) is 5.91 Å². The first-order valence-corrected chi connectivity index (χ1v) is 13.7. The molecule has 6 heteroatoms. The normalized spacial score (nSPS) is 33.1. The summed E-state index contributed by atoms with van der Waals surface area (Å²) in [5, 5.41) is 23.4. The number of benzene rings is 2. The largest absolute Gasteiger partial charge is 0.504 e. The highest BCUT2D eigenvalue weighted by atomic mass is 16.5. The number of nitrogens with zero attached hydrogens (tertiary/aromatic N) is 2. The van der Waals surface area contributed by atoms with Crippen molar-refractivity contribution >= 4 is 5.91 Å². The van der Waals surface area contributed by atoms with Crippen LogP contribution < -0.4 is 4.74 Å². The fourth-order valence-corrected chi connectivity index (χ4v) is 7.94. The van der Waals surface area contributed by atoms with Gasteiger partial charge in [0.1, 0.15) is 6.10 Å². The third-order valence-electron chi connectivity index (χ3n) is 9.88. The Bertz CT molecular complexity index is 1360. The van der Waals surface area contributed by atoms with E-state index in [1.807, 2.05) is 37.3 Å². The van der Waals surface area contributed by atoms with Crippen molar-refractivity contribution in [2.75, 3.05) is 20.1 Å². The minimum Gasteiger partial charge on any atom is -0.504 e. The van der Waals surface area contributed by atoms with Crippen molar-refractivity contribution in [3.63, 3.8) is 0 Å². The minimum absolute atomic E-state index is 0.0269. The average Bonchev–Trinajstić information content (AvgIpc) is 3.62. The summed E-state index contributed by atoms with van der Waals surface area (Å²) in [6.07, 6.45) is 4.90. The van der Waals surface area contributed by atoms with Crippen LogP contribution in [0.25, 0.3) is 0 Å². The van der Waals surface area contributed by atoms with Gasteiger partial charge in [-0.1, -0.05) is 24.1 Å². The number of phenolic OH excluding ortho intramolecular Hbond substituents is 1. The number of aromatic hydroxyl groups is 1. The van der Waals surface area contributed by atoms with Gasteiger partial charge >= 0.3 is 0 Å². The molecule has 5 atom stereocenters. The maximum absolute atomic E-state index is 13.3. The molecule has 2 aromatic carbocycles. The van der Waals surface area contributed by atoms with E-state index in [-0.39, 0.29) is 23.7 Å². The molecule has 2 N–H and O–H groups in total. The molecule has 7 rings (SSSR count). The van der Waals surface area contributed by atoms with Crippen molar-refractivity contribution in [1.29, 1.82) is 0 Å². The van der Waals surface area contributed by atoms with Crippen molar-refractivity contribution in [1.82, 2.24) is 9.80 Å². The van der Waals surface area contributed by atoms with Gasteiger partial charge in [0.05, 0.1) is 17.1 Å². The summed E-state index contributed by atoms with van der Waals surface area (Å²) < 4.78 is 6.60. The van der Waals surface area contributed by atoms with Crippen molar-refractivity contribution in [3.8, 4) is 23.3 Å². The fraction of sp³-hybridized carbons (Fsp3) is 0.516. The number of rotatable bonds is 3. The van der Waals surface area contributed by atoms with Gasteiger partial charge in [0, 0.05) is 36.7 Å². The third kappa shape index (κ3) is 3.23. The maximum atomic E-state index is 13.3. The van der Waals surface area contributed by atoms with Gasteiger partial charge in [-0.2, -0.15) is 0 Å². The molecule has 0 unspecified atom stereocenters. The van der Waals surface area contributed by atoms with Gasteiger partial charge in [0.2, 0.25) is 0 Å². The quantitative estimate of drug-likeness (QED) is 0.637. The van der Waals surface area contributed by atoms with E-state index in [0.29, 0.717) is 18.6 Å². The van der Waals surface area contributed by atoms with Crippen LogP contribution in [0.2, 0.25) is 0 Å². The lowest BCUT2D eigenvalue weighted by molar-refractivity contribution is -0.199. The number of likely N-dealkylation sites (tertiary alicyclic amines) is 1. The summed E-state index contributed by atoms with van der Waals surface area (Å²) in [6.45, 7) is 3.95. The number of aryl methyl sites for hydroxylation is 1. The molecule has 2 aliphatic heterocycles. The van der Waals surface area contributed by atoms with E-state index in [1.54, 1.807) is 18.0 Å². The van der Waals surface area contributed by atoms with E-state index in [0.717, 1.165) is 48.5 Å². The monoisotopic (exact) mass is 498 g/mol. The molecule has 5 aliphatic rings. The van der Waals surface area contributed by atoms with Crippen LogP contribution in [0.3, 0.4) is 0 Å². The summed E-state index contributed by atoms with van der Waals surface area (Å²) in [4.78, 5) is 17.5. The van der Waals surface area contributed by atoms with E-state index >= 15 is 0 Å². The van der Waals surface area contributed by atoms with Crippen molar-refractivity contribution in [2.45, 2.75) is 74.7 Å². The van der Waals surface area contributed by atoms with Crippen LogP contribution in [-0.4, -0.2) is 69.8 Å². The predicted octanol–water partition coefficient (Wildman–Crippen LogP) is 3.14. The van der Waals surface area contributed by atoms with Gasteiger partial charge < -0.3 is 19.8 Å². The van der Waals surface area contributed by atoms with Gasteiger partial charge in [-0.15, -0.1) is 0 Å². The molecule has 192 valence electrons. The smallest absolute Gasteiger partial charge is 0.298 e. The van der Waals surface area contributed by atoms with Crippen molar-refractivity contribution < 1.29 is 19.7 Å². The Hall–Kier alpha value is -3.01. The highest BCUT2D eigenvalue weighted by molar-refractivity contribution is 5.94. The average molecular weight is 499 g/mol. The molecule has 0 aromatic heterocycles. The summed E-state index contributed by atoms with van der Waals surface area (Å²) in [6, 6.07) is 11.4. The number of phenols is 1. The third-order valence-corrected chi connectivity index (χ3v) is 9.88. The number of piperidine rings is 1. The number of aliphatic hydroxyl groups is 1. The maximum Gasteiger partial charge on any atom is 0.298 e. The van der Waals surface area contributed by atoms with E-state index in [1.165, 1.54) is 18.4 Å². The van der Waals surface area contributed by atoms with E-state index in [4.69, 9.17) is 4.74 Å². The summed E-state index contributed by atoms with van der Waals surface area (Å²) in [7, 11) is 1.80. The minimum atomic E-state index is -0.954. The molecular formula is C31H34N2O4. The van der Waals surface area contributed by atoms with Gasteiger partial charge in [-0.3, -0.25) is 9.69 Å². The van der Waals surface area contributed by atoms with Crippen LogP contribution in [0.1, 0.15) is 54.4 Å². The van der Waals surface area contributed by atoms with Gasteiger partial charge in [0.15, 0.2) is 11.5 Å². The standard InChI is InChI=1S/C31H34N2O4/c1-19-4-3-5-20(16-19)8-11-26(35)32(2)23-12-13-31(36)25-17-22-9-10-24(34)28-27(22)30(31,29(23)37-28)14-15-33(25)18-21-6-7-21/h3-5,9-10,16,21,23,25,29,34,36H,6-7,12-15,17-18H2,1-2H3/t23-,25+,29+,30+,31-/m1/s1. The number of ether oxygens (including phenoxy) is 1. The van der Waals surface area contributed by atoms with E-state index in [9.17, 15) is 15.0 Å². The first-order valence-electron chi connectivity index (χ1n) is 13.7. The molecule has 37 heavy (non-hydrogen) atoms. The highest BCUT2D eigenvalue weighted by Crippen LogP contribution is 2.66. The second-order valence-corrected chi connectivity index (χ2v) is 11.9. The highest BCUT2D eigenvalue weighted by Gasteiger charge is 2.73. The SMILES string of the molecule is Cc1cccc(C#CC(=O)N(C)[C@@H]2CC[C@@]3(O)[C@@H]4Cc5ccc(O)c6c5[C@@]3(CCN4CC3CC3)[C@H]2O6)c1. The van der Waals surface area contributed by atoms with Crippen LogP contribution in [0.5, 0.6) is 11.5 Å². The topological polar surface area (TPSA) is 73.2 Å². The van der Waals surface area contributed by atoms with Crippen molar-refractivity contribution in [3.05, 3.63) is 58.7 Å². The molecule has 2 saturated carbocycles.